The second-order valence-corrected chi connectivity index (χ2v) is 5.98. The fourth-order valence-corrected chi connectivity index (χ4v) is 2.94. The Balaban J connectivity index is 2.95. The lowest BCUT2D eigenvalue weighted by Crippen LogP contribution is -2.36. The summed E-state index contributed by atoms with van der Waals surface area (Å²) in [5.41, 5.74) is 10.9. The highest BCUT2D eigenvalue weighted by Crippen LogP contribution is 2.19. The van der Waals surface area contributed by atoms with E-state index in [9.17, 15) is 13.2 Å². The first kappa shape index (κ1) is 16.4. The van der Waals surface area contributed by atoms with Gasteiger partial charge in [-0.3, -0.25) is 4.79 Å². The molecule has 0 fully saturated rings. The second-order valence-electron chi connectivity index (χ2n) is 4.30. The van der Waals surface area contributed by atoms with Crippen molar-refractivity contribution in [2.24, 2.45) is 5.73 Å². The summed E-state index contributed by atoms with van der Waals surface area (Å²) in [4.78, 5) is 10.9. The molecule has 1 unspecified atom stereocenters. The van der Waals surface area contributed by atoms with Crippen LogP contribution >= 0.6 is 0 Å². The first-order valence-electron chi connectivity index (χ1n) is 6.07. The number of carbonyl (C=O) groups is 1. The number of nitrogen functional groups attached to an aromatic ring is 1. The Bertz CT molecular complexity index is 586. The molecule has 0 saturated heterocycles. The Morgan fingerprint density at radius 1 is 1.45 bits per heavy atom. The van der Waals surface area contributed by atoms with Crippen LogP contribution in [-0.2, 0) is 14.8 Å². The van der Waals surface area contributed by atoms with Crippen molar-refractivity contribution in [3.05, 3.63) is 23.8 Å². The van der Waals surface area contributed by atoms with Crippen molar-refractivity contribution >= 4 is 21.6 Å². The van der Waals surface area contributed by atoms with Crippen molar-refractivity contribution in [2.75, 3.05) is 18.9 Å². The number of primary amides is 1. The van der Waals surface area contributed by atoms with Crippen LogP contribution in [0.1, 0.15) is 24.2 Å². The van der Waals surface area contributed by atoms with Crippen LogP contribution in [0.25, 0.3) is 0 Å². The predicted molar refractivity (Wildman–Crippen MR) is 75.6 cm³/mol. The Labute approximate surface area is 118 Å². The standard InChI is InChI=1S/C12H19N3O4S/c1-3-19-7-8(2)15-20(17,18)11-5-4-9(12(14)16)6-10(11)13/h4-6,8,15H,3,7,13H2,1-2H3,(H2,14,16). The zero-order valence-electron chi connectivity index (χ0n) is 11.4. The molecule has 0 spiro atoms. The van der Waals surface area contributed by atoms with Crippen LogP contribution in [0.4, 0.5) is 5.69 Å². The van der Waals surface area contributed by atoms with Crippen LogP contribution < -0.4 is 16.2 Å². The normalized spacial score (nSPS) is 13.1. The van der Waals surface area contributed by atoms with E-state index >= 15 is 0 Å². The number of amides is 1. The van der Waals surface area contributed by atoms with E-state index in [0.29, 0.717) is 6.61 Å². The first-order valence-corrected chi connectivity index (χ1v) is 7.55. The van der Waals surface area contributed by atoms with E-state index in [-0.39, 0.29) is 22.8 Å². The number of anilines is 1. The second kappa shape index (κ2) is 6.69. The number of sulfonamides is 1. The zero-order valence-corrected chi connectivity index (χ0v) is 12.2. The third-order valence-corrected chi connectivity index (χ3v) is 4.18. The van der Waals surface area contributed by atoms with Gasteiger partial charge in [0.25, 0.3) is 0 Å². The Hall–Kier alpha value is -1.64. The van der Waals surface area contributed by atoms with Gasteiger partial charge < -0.3 is 16.2 Å². The molecule has 8 heteroatoms. The molecule has 0 heterocycles. The average Bonchev–Trinajstić information content (AvgIpc) is 2.35. The summed E-state index contributed by atoms with van der Waals surface area (Å²) in [7, 11) is -3.77. The van der Waals surface area contributed by atoms with Crippen LogP contribution in [0.3, 0.4) is 0 Å². The van der Waals surface area contributed by atoms with Crippen molar-refractivity contribution in [3.63, 3.8) is 0 Å². The van der Waals surface area contributed by atoms with Crippen molar-refractivity contribution in [2.45, 2.75) is 24.8 Å². The largest absolute Gasteiger partial charge is 0.398 e. The van der Waals surface area contributed by atoms with Crippen LogP contribution in [-0.4, -0.2) is 33.6 Å². The SMILES string of the molecule is CCOCC(C)NS(=O)(=O)c1ccc(C(N)=O)cc1N. The molecule has 0 bridgehead atoms. The fraction of sp³-hybridized carbons (Fsp3) is 0.417. The van der Waals surface area contributed by atoms with Crippen molar-refractivity contribution in [1.82, 2.24) is 4.72 Å². The Morgan fingerprint density at radius 3 is 2.60 bits per heavy atom. The zero-order chi connectivity index (χ0) is 15.3. The van der Waals surface area contributed by atoms with Gasteiger partial charge in [-0.15, -0.1) is 0 Å². The van der Waals surface area contributed by atoms with E-state index in [1.807, 2.05) is 6.92 Å². The molecule has 0 saturated carbocycles. The molecule has 0 aliphatic rings. The summed E-state index contributed by atoms with van der Waals surface area (Å²) >= 11 is 0. The van der Waals surface area contributed by atoms with E-state index in [2.05, 4.69) is 4.72 Å². The van der Waals surface area contributed by atoms with Gasteiger partial charge in [-0.1, -0.05) is 0 Å². The molecule has 1 aromatic rings. The number of ether oxygens (including phenoxy) is 1. The molecular formula is C12H19N3O4S. The lowest BCUT2D eigenvalue weighted by molar-refractivity contribution is 0.1000. The number of hydrogen-bond donors (Lipinski definition) is 3. The predicted octanol–water partition coefficient (Wildman–Crippen LogP) is 0.0710. The van der Waals surface area contributed by atoms with Gasteiger partial charge in [-0.25, -0.2) is 13.1 Å². The quantitative estimate of drug-likeness (QED) is 0.615. The fourth-order valence-electron chi connectivity index (χ4n) is 1.60. The van der Waals surface area contributed by atoms with Gasteiger partial charge in [-0.2, -0.15) is 0 Å². The van der Waals surface area contributed by atoms with Crippen LogP contribution in [0.2, 0.25) is 0 Å². The van der Waals surface area contributed by atoms with Gasteiger partial charge in [0, 0.05) is 18.2 Å². The molecule has 112 valence electrons. The van der Waals surface area contributed by atoms with Crippen LogP contribution in [0.5, 0.6) is 0 Å². The monoisotopic (exact) mass is 301 g/mol. The van der Waals surface area contributed by atoms with Gasteiger partial charge in [-0.05, 0) is 32.0 Å². The molecule has 5 N–H and O–H groups in total. The molecule has 0 radical (unpaired) electrons. The maximum atomic E-state index is 12.1. The summed E-state index contributed by atoms with van der Waals surface area (Å²) in [6.45, 7) is 4.26. The van der Waals surface area contributed by atoms with Gasteiger partial charge in [0.2, 0.25) is 15.9 Å². The molecule has 1 aromatic carbocycles. The van der Waals surface area contributed by atoms with Crippen LogP contribution in [0.15, 0.2) is 23.1 Å². The smallest absolute Gasteiger partial charge is 0.248 e. The lowest BCUT2D eigenvalue weighted by atomic mass is 10.2. The third-order valence-electron chi connectivity index (χ3n) is 2.51. The third kappa shape index (κ3) is 4.19. The molecular weight excluding hydrogens is 282 g/mol. The first-order chi connectivity index (χ1) is 9.27. The number of benzene rings is 1. The molecule has 1 rings (SSSR count). The number of nitrogens with one attached hydrogen (secondary N) is 1. The summed E-state index contributed by atoms with van der Waals surface area (Å²) in [5, 5.41) is 0. The molecule has 0 aliphatic heterocycles. The Morgan fingerprint density at radius 2 is 2.10 bits per heavy atom. The number of carbonyl (C=O) groups excluding carboxylic acids is 1. The maximum Gasteiger partial charge on any atom is 0.248 e. The van der Waals surface area contributed by atoms with Crippen LogP contribution in [0, 0.1) is 0 Å². The van der Waals surface area contributed by atoms with Crippen molar-refractivity contribution < 1.29 is 17.9 Å². The lowest BCUT2D eigenvalue weighted by Gasteiger charge is -2.15. The minimum atomic E-state index is -3.77. The summed E-state index contributed by atoms with van der Waals surface area (Å²) < 4.78 is 31.9. The summed E-state index contributed by atoms with van der Waals surface area (Å²) in [6, 6.07) is 3.42. The summed E-state index contributed by atoms with van der Waals surface area (Å²) in [5.74, 6) is -0.668. The van der Waals surface area contributed by atoms with E-state index in [0.717, 1.165) is 0 Å². The van der Waals surface area contributed by atoms with Gasteiger partial charge in [0.1, 0.15) is 4.90 Å². The average molecular weight is 301 g/mol. The number of hydrogen-bond acceptors (Lipinski definition) is 5. The number of nitrogens with two attached hydrogens (primary N) is 2. The van der Waals surface area contributed by atoms with Gasteiger partial charge in [0.05, 0.1) is 12.3 Å². The summed E-state index contributed by atoms with van der Waals surface area (Å²) in [6.07, 6.45) is 0. The molecule has 20 heavy (non-hydrogen) atoms. The highest BCUT2D eigenvalue weighted by Gasteiger charge is 2.20. The minimum Gasteiger partial charge on any atom is -0.398 e. The molecule has 1 atom stereocenters. The highest BCUT2D eigenvalue weighted by atomic mass is 32.2. The molecule has 1 amide bonds. The highest BCUT2D eigenvalue weighted by molar-refractivity contribution is 7.89. The molecule has 0 aliphatic carbocycles. The maximum absolute atomic E-state index is 12.1. The van der Waals surface area contributed by atoms with Gasteiger partial charge >= 0.3 is 0 Å². The van der Waals surface area contributed by atoms with E-state index in [1.165, 1.54) is 18.2 Å². The Kier molecular flexibility index (Phi) is 5.49. The minimum absolute atomic E-state index is 0.0302. The van der Waals surface area contributed by atoms with E-state index in [1.54, 1.807) is 6.92 Å². The van der Waals surface area contributed by atoms with E-state index in [4.69, 9.17) is 16.2 Å². The molecule has 0 aromatic heterocycles. The van der Waals surface area contributed by atoms with Crippen molar-refractivity contribution in [3.8, 4) is 0 Å². The van der Waals surface area contributed by atoms with E-state index < -0.39 is 22.0 Å². The topological polar surface area (TPSA) is 125 Å². The van der Waals surface area contributed by atoms with Crippen molar-refractivity contribution in [1.29, 1.82) is 0 Å². The number of rotatable bonds is 7. The molecule has 7 nitrogen and oxygen atoms in total. The van der Waals surface area contributed by atoms with Gasteiger partial charge in [0.15, 0.2) is 0 Å².